The highest BCUT2D eigenvalue weighted by molar-refractivity contribution is 5.95. The number of amides is 3. The van der Waals surface area contributed by atoms with Gasteiger partial charge in [-0.05, 0) is 49.8 Å². The predicted molar refractivity (Wildman–Crippen MR) is 107 cm³/mol. The van der Waals surface area contributed by atoms with Crippen molar-refractivity contribution in [1.82, 2.24) is 5.32 Å². The topological polar surface area (TPSA) is 70.7 Å². The standard InChI is InChI=1S/C21H31N3O3/c1-16-7-2-3-10-19(16)27-14-12-22-21(26)23-17-8-6-9-18(15-17)24-13-5-4-11-20(24)25/h6,8-9,15-16,19H,2-5,7,10-14H2,1H3,(H2,22,23,26)/t16-,19+/m0/s1. The second-order valence-corrected chi connectivity index (χ2v) is 7.60. The molecule has 1 aromatic rings. The van der Waals surface area contributed by atoms with E-state index in [1.54, 1.807) is 4.90 Å². The molecule has 3 rings (SSSR count). The Morgan fingerprint density at radius 3 is 2.89 bits per heavy atom. The minimum Gasteiger partial charge on any atom is -0.376 e. The summed E-state index contributed by atoms with van der Waals surface area (Å²) in [4.78, 5) is 26.0. The number of piperidine rings is 1. The van der Waals surface area contributed by atoms with Gasteiger partial charge < -0.3 is 20.3 Å². The summed E-state index contributed by atoms with van der Waals surface area (Å²) >= 11 is 0. The summed E-state index contributed by atoms with van der Waals surface area (Å²) in [5.41, 5.74) is 1.53. The fourth-order valence-corrected chi connectivity index (χ4v) is 3.91. The molecule has 1 aromatic carbocycles. The van der Waals surface area contributed by atoms with Crippen LogP contribution in [0.3, 0.4) is 0 Å². The van der Waals surface area contributed by atoms with Crippen molar-refractivity contribution in [3.8, 4) is 0 Å². The number of carbonyl (C=O) groups excluding carboxylic acids is 2. The van der Waals surface area contributed by atoms with Crippen LogP contribution in [0.4, 0.5) is 16.2 Å². The summed E-state index contributed by atoms with van der Waals surface area (Å²) in [5.74, 6) is 0.754. The third-order valence-corrected chi connectivity index (χ3v) is 5.49. The Balaban J connectivity index is 1.42. The quantitative estimate of drug-likeness (QED) is 0.743. The van der Waals surface area contributed by atoms with Crippen molar-refractivity contribution >= 4 is 23.3 Å². The van der Waals surface area contributed by atoms with Crippen molar-refractivity contribution < 1.29 is 14.3 Å². The number of nitrogens with one attached hydrogen (secondary N) is 2. The Kier molecular flexibility index (Phi) is 7.10. The molecule has 1 heterocycles. The molecule has 0 aromatic heterocycles. The average molecular weight is 373 g/mol. The van der Waals surface area contributed by atoms with Crippen LogP contribution < -0.4 is 15.5 Å². The SMILES string of the molecule is C[C@H]1CCCC[C@H]1OCCNC(=O)Nc1cccc(N2CCCCC2=O)c1. The zero-order valence-electron chi connectivity index (χ0n) is 16.2. The molecule has 2 atom stereocenters. The second kappa shape index (κ2) is 9.74. The van der Waals surface area contributed by atoms with Crippen molar-refractivity contribution in [3.63, 3.8) is 0 Å². The minimum atomic E-state index is -0.252. The van der Waals surface area contributed by atoms with Crippen molar-refractivity contribution in [2.75, 3.05) is 29.9 Å². The first kappa shape index (κ1) is 19.7. The summed E-state index contributed by atoms with van der Waals surface area (Å²) in [7, 11) is 0. The van der Waals surface area contributed by atoms with Crippen LogP contribution in [0.5, 0.6) is 0 Å². The number of urea groups is 1. The van der Waals surface area contributed by atoms with Gasteiger partial charge in [-0.15, -0.1) is 0 Å². The van der Waals surface area contributed by atoms with E-state index < -0.39 is 0 Å². The molecule has 1 saturated carbocycles. The van der Waals surface area contributed by atoms with Crippen LogP contribution in [0.2, 0.25) is 0 Å². The molecular weight excluding hydrogens is 342 g/mol. The van der Waals surface area contributed by atoms with E-state index in [9.17, 15) is 9.59 Å². The molecule has 1 saturated heterocycles. The van der Waals surface area contributed by atoms with Crippen LogP contribution in [-0.4, -0.2) is 37.7 Å². The summed E-state index contributed by atoms with van der Waals surface area (Å²) in [5, 5.41) is 5.68. The van der Waals surface area contributed by atoms with Gasteiger partial charge in [0.15, 0.2) is 0 Å². The number of hydrogen-bond acceptors (Lipinski definition) is 3. The molecule has 6 heteroatoms. The highest BCUT2D eigenvalue weighted by Gasteiger charge is 2.22. The molecule has 27 heavy (non-hydrogen) atoms. The van der Waals surface area contributed by atoms with Gasteiger partial charge in [0, 0.05) is 30.9 Å². The van der Waals surface area contributed by atoms with Gasteiger partial charge in [-0.2, -0.15) is 0 Å². The minimum absolute atomic E-state index is 0.150. The number of anilines is 2. The largest absolute Gasteiger partial charge is 0.376 e. The van der Waals surface area contributed by atoms with Crippen LogP contribution in [-0.2, 0) is 9.53 Å². The molecule has 1 aliphatic carbocycles. The average Bonchev–Trinajstić information content (AvgIpc) is 2.67. The van der Waals surface area contributed by atoms with Gasteiger partial charge in [-0.25, -0.2) is 4.79 Å². The van der Waals surface area contributed by atoms with Gasteiger partial charge in [-0.3, -0.25) is 4.79 Å². The molecule has 6 nitrogen and oxygen atoms in total. The van der Waals surface area contributed by atoms with E-state index in [-0.39, 0.29) is 11.9 Å². The van der Waals surface area contributed by atoms with Crippen molar-refractivity contribution in [1.29, 1.82) is 0 Å². The zero-order chi connectivity index (χ0) is 19.1. The third kappa shape index (κ3) is 5.70. The molecule has 148 valence electrons. The fourth-order valence-electron chi connectivity index (χ4n) is 3.91. The molecule has 0 unspecified atom stereocenters. The molecular formula is C21H31N3O3. The monoisotopic (exact) mass is 373 g/mol. The lowest BCUT2D eigenvalue weighted by molar-refractivity contribution is -0.119. The van der Waals surface area contributed by atoms with Gasteiger partial charge in [0.25, 0.3) is 0 Å². The Morgan fingerprint density at radius 1 is 1.22 bits per heavy atom. The van der Waals surface area contributed by atoms with Crippen LogP contribution >= 0.6 is 0 Å². The van der Waals surface area contributed by atoms with Gasteiger partial charge in [0.2, 0.25) is 5.91 Å². The van der Waals surface area contributed by atoms with E-state index in [4.69, 9.17) is 4.74 Å². The van der Waals surface area contributed by atoms with Crippen molar-refractivity contribution in [3.05, 3.63) is 24.3 Å². The Hall–Kier alpha value is -2.08. The lowest BCUT2D eigenvalue weighted by Crippen LogP contribution is -2.35. The molecule has 2 fully saturated rings. The van der Waals surface area contributed by atoms with Gasteiger partial charge >= 0.3 is 6.03 Å². The highest BCUT2D eigenvalue weighted by Crippen LogP contribution is 2.26. The van der Waals surface area contributed by atoms with Crippen LogP contribution in [0.1, 0.15) is 51.9 Å². The lowest BCUT2D eigenvalue weighted by atomic mass is 9.88. The second-order valence-electron chi connectivity index (χ2n) is 7.60. The molecule has 2 N–H and O–H groups in total. The number of ether oxygens (including phenoxy) is 1. The summed E-state index contributed by atoms with van der Waals surface area (Å²) in [6.45, 7) is 4.00. The summed E-state index contributed by atoms with van der Waals surface area (Å²) in [6, 6.07) is 7.20. The molecule has 3 amide bonds. The molecule has 0 spiro atoms. The Morgan fingerprint density at radius 2 is 2.07 bits per heavy atom. The first-order valence-corrected chi connectivity index (χ1v) is 10.2. The maximum Gasteiger partial charge on any atom is 0.319 e. The van der Waals surface area contributed by atoms with E-state index in [2.05, 4.69) is 17.6 Å². The van der Waals surface area contributed by atoms with E-state index in [1.807, 2.05) is 24.3 Å². The lowest BCUT2D eigenvalue weighted by Gasteiger charge is -2.28. The van der Waals surface area contributed by atoms with E-state index in [0.29, 0.717) is 37.3 Å². The molecule has 1 aliphatic heterocycles. The Labute approximate surface area is 161 Å². The van der Waals surface area contributed by atoms with Gasteiger partial charge in [0.1, 0.15) is 0 Å². The normalized spacial score (nSPS) is 23.1. The molecule has 2 aliphatic rings. The third-order valence-electron chi connectivity index (χ3n) is 5.49. The fraction of sp³-hybridized carbons (Fsp3) is 0.619. The van der Waals surface area contributed by atoms with Gasteiger partial charge in [-0.1, -0.05) is 25.8 Å². The van der Waals surface area contributed by atoms with Crippen molar-refractivity contribution in [2.45, 2.75) is 58.0 Å². The Bertz CT molecular complexity index is 649. The first-order chi connectivity index (χ1) is 13.1. The number of benzene rings is 1. The zero-order valence-corrected chi connectivity index (χ0v) is 16.2. The molecule has 0 radical (unpaired) electrons. The molecule has 0 bridgehead atoms. The van der Waals surface area contributed by atoms with E-state index in [0.717, 1.165) is 31.5 Å². The van der Waals surface area contributed by atoms with E-state index in [1.165, 1.54) is 19.3 Å². The van der Waals surface area contributed by atoms with Crippen molar-refractivity contribution in [2.24, 2.45) is 5.92 Å². The maximum absolute atomic E-state index is 12.1. The van der Waals surface area contributed by atoms with Gasteiger partial charge in [0.05, 0.1) is 12.7 Å². The number of rotatable bonds is 6. The highest BCUT2D eigenvalue weighted by atomic mass is 16.5. The van der Waals surface area contributed by atoms with Crippen LogP contribution in [0, 0.1) is 5.92 Å². The van der Waals surface area contributed by atoms with E-state index >= 15 is 0 Å². The maximum atomic E-state index is 12.1. The smallest absolute Gasteiger partial charge is 0.319 e. The van der Waals surface area contributed by atoms with Crippen LogP contribution in [0.15, 0.2) is 24.3 Å². The first-order valence-electron chi connectivity index (χ1n) is 10.2. The number of nitrogens with zero attached hydrogens (tertiary/aromatic N) is 1. The van der Waals surface area contributed by atoms with Crippen LogP contribution in [0.25, 0.3) is 0 Å². The number of carbonyl (C=O) groups is 2. The summed E-state index contributed by atoms with van der Waals surface area (Å²) < 4.78 is 5.92. The predicted octanol–water partition coefficient (Wildman–Crippen LogP) is 3.92. The summed E-state index contributed by atoms with van der Waals surface area (Å²) in [6.07, 6.45) is 7.77. The number of hydrogen-bond donors (Lipinski definition) is 2.